The summed E-state index contributed by atoms with van der Waals surface area (Å²) in [7, 11) is 5.57. The predicted molar refractivity (Wildman–Crippen MR) is 107 cm³/mol. The zero-order chi connectivity index (χ0) is 19.8. The van der Waals surface area contributed by atoms with Gasteiger partial charge < -0.3 is 19.5 Å². The largest absolute Gasteiger partial charge is 0.493 e. The molecule has 2 aromatic rings. The van der Waals surface area contributed by atoms with Gasteiger partial charge in [0.05, 0.1) is 24.7 Å². The molecule has 1 N–H and O–H groups in total. The Hall–Kier alpha value is -2.24. The Morgan fingerprint density at radius 3 is 2.52 bits per heavy atom. The molecular weight excluding hydrogens is 366 g/mol. The highest BCUT2D eigenvalue weighted by molar-refractivity contribution is 6.32. The van der Waals surface area contributed by atoms with Crippen molar-refractivity contribution in [1.29, 1.82) is 0 Å². The van der Waals surface area contributed by atoms with E-state index in [-0.39, 0.29) is 0 Å². The number of hydrogen-bond acceptors (Lipinski definition) is 4. The monoisotopic (exact) mass is 391 g/mol. The van der Waals surface area contributed by atoms with Gasteiger partial charge in [0.15, 0.2) is 11.5 Å². The zero-order valence-corrected chi connectivity index (χ0v) is 16.7. The molecule has 0 aromatic heterocycles. The van der Waals surface area contributed by atoms with Crippen LogP contribution in [0.25, 0.3) is 0 Å². The summed E-state index contributed by atoms with van der Waals surface area (Å²) < 4.78 is 11.2. The van der Waals surface area contributed by atoms with Gasteiger partial charge in [-0.05, 0) is 50.2 Å². The van der Waals surface area contributed by atoms with Crippen LogP contribution >= 0.6 is 11.6 Å². The van der Waals surface area contributed by atoms with Crippen LogP contribution in [0.3, 0.4) is 0 Å². The Balaban J connectivity index is 2.18. The molecule has 5 nitrogen and oxygen atoms in total. The Morgan fingerprint density at radius 1 is 1.22 bits per heavy atom. The minimum atomic E-state index is -0.875. The molecule has 2 aromatic carbocycles. The van der Waals surface area contributed by atoms with Crippen LogP contribution in [0.15, 0.2) is 42.5 Å². The zero-order valence-electron chi connectivity index (χ0n) is 15.9. The van der Waals surface area contributed by atoms with Crippen LogP contribution in [0, 0.1) is 0 Å². The average molecular weight is 392 g/mol. The summed E-state index contributed by atoms with van der Waals surface area (Å²) in [5.74, 6) is -0.521. The lowest BCUT2D eigenvalue weighted by molar-refractivity contribution is -0.138. The number of carboxylic acids is 1. The van der Waals surface area contributed by atoms with Gasteiger partial charge in [0.25, 0.3) is 0 Å². The number of rotatable bonds is 10. The molecule has 27 heavy (non-hydrogen) atoms. The first-order valence-electron chi connectivity index (χ1n) is 8.84. The summed E-state index contributed by atoms with van der Waals surface area (Å²) in [5.41, 5.74) is 1.54. The minimum absolute atomic E-state index is 0.316. The van der Waals surface area contributed by atoms with E-state index in [1.807, 2.05) is 44.4 Å². The van der Waals surface area contributed by atoms with Gasteiger partial charge in [0.1, 0.15) is 0 Å². The SMILES string of the molecule is COc1cc(CC(C(=O)O)c2ccccc2)cc(Cl)c1OCCCN(C)C. The first-order chi connectivity index (χ1) is 12.9. The molecule has 0 saturated heterocycles. The number of hydrogen-bond donors (Lipinski definition) is 1. The molecular formula is C21H26ClNO4. The Bertz CT molecular complexity index is 749. The molecule has 0 radical (unpaired) electrons. The van der Waals surface area contributed by atoms with Crippen molar-refractivity contribution in [2.45, 2.75) is 18.8 Å². The summed E-state index contributed by atoms with van der Waals surface area (Å²) in [5, 5.41) is 10.1. The maximum absolute atomic E-state index is 11.7. The van der Waals surface area contributed by atoms with Gasteiger partial charge in [-0.3, -0.25) is 4.79 Å². The average Bonchev–Trinajstić information content (AvgIpc) is 2.64. The third-order valence-corrected chi connectivity index (χ3v) is 4.51. The fourth-order valence-electron chi connectivity index (χ4n) is 2.85. The van der Waals surface area contributed by atoms with Gasteiger partial charge in [0.2, 0.25) is 0 Å². The molecule has 0 fully saturated rings. The lowest BCUT2D eigenvalue weighted by Crippen LogP contribution is -2.16. The van der Waals surface area contributed by atoms with Crippen molar-refractivity contribution < 1.29 is 19.4 Å². The van der Waals surface area contributed by atoms with Crippen LogP contribution < -0.4 is 9.47 Å². The van der Waals surface area contributed by atoms with E-state index in [9.17, 15) is 9.90 Å². The van der Waals surface area contributed by atoms with Gasteiger partial charge in [-0.15, -0.1) is 0 Å². The molecule has 0 aliphatic carbocycles. The summed E-state index contributed by atoms with van der Waals surface area (Å²) in [6, 6.07) is 12.7. The molecule has 0 bridgehead atoms. The molecule has 0 aliphatic rings. The smallest absolute Gasteiger partial charge is 0.311 e. The van der Waals surface area contributed by atoms with Crippen molar-refractivity contribution in [2.75, 3.05) is 34.4 Å². The highest BCUT2D eigenvalue weighted by Crippen LogP contribution is 2.37. The Kier molecular flexibility index (Phi) is 7.95. The maximum atomic E-state index is 11.7. The van der Waals surface area contributed by atoms with Gasteiger partial charge in [-0.1, -0.05) is 41.9 Å². The predicted octanol–water partition coefficient (Wildman–Crippen LogP) is 4.09. The second kappa shape index (κ2) is 10.2. The Labute approximate surface area is 165 Å². The maximum Gasteiger partial charge on any atom is 0.311 e. The highest BCUT2D eigenvalue weighted by Gasteiger charge is 2.22. The number of carbonyl (C=O) groups is 1. The number of carboxylic acid groups (broad SMARTS) is 1. The van der Waals surface area contributed by atoms with Gasteiger partial charge in [-0.25, -0.2) is 0 Å². The number of aliphatic carboxylic acids is 1. The summed E-state index contributed by atoms with van der Waals surface area (Å²) in [4.78, 5) is 13.8. The van der Waals surface area contributed by atoms with Crippen molar-refractivity contribution in [1.82, 2.24) is 4.90 Å². The highest BCUT2D eigenvalue weighted by atomic mass is 35.5. The van der Waals surface area contributed by atoms with Crippen LogP contribution in [0.1, 0.15) is 23.5 Å². The molecule has 0 amide bonds. The number of ether oxygens (including phenoxy) is 2. The van der Waals surface area contributed by atoms with E-state index in [0.717, 1.165) is 24.1 Å². The van der Waals surface area contributed by atoms with Crippen molar-refractivity contribution in [3.8, 4) is 11.5 Å². The minimum Gasteiger partial charge on any atom is -0.493 e. The molecule has 6 heteroatoms. The molecule has 0 spiro atoms. The van der Waals surface area contributed by atoms with Crippen LogP contribution in [-0.2, 0) is 11.2 Å². The van der Waals surface area contributed by atoms with Crippen LogP contribution in [0.5, 0.6) is 11.5 Å². The van der Waals surface area contributed by atoms with Gasteiger partial charge >= 0.3 is 5.97 Å². The number of nitrogens with zero attached hydrogens (tertiary/aromatic N) is 1. The lowest BCUT2D eigenvalue weighted by Gasteiger charge is -2.17. The summed E-state index contributed by atoms with van der Waals surface area (Å²) in [6.07, 6.45) is 1.18. The second-order valence-corrected chi connectivity index (χ2v) is 7.03. The molecule has 0 heterocycles. The quantitative estimate of drug-likeness (QED) is 0.618. The van der Waals surface area contributed by atoms with E-state index in [1.165, 1.54) is 0 Å². The third-order valence-electron chi connectivity index (χ3n) is 4.23. The standard InChI is InChI=1S/C21H26ClNO4/c1-23(2)10-7-11-27-20-18(22)13-15(14-19(20)26-3)12-17(21(24)25)16-8-5-4-6-9-16/h4-6,8-9,13-14,17H,7,10-12H2,1-3H3,(H,24,25). The van der Waals surface area contributed by atoms with Crippen molar-refractivity contribution >= 4 is 17.6 Å². The normalized spacial score (nSPS) is 12.0. The number of benzene rings is 2. The first-order valence-corrected chi connectivity index (χ1v) is 9.22. The number of methoxy groups -OCH3 is 1. The molecule has 1 atom stereocenters. The summed E-state index contributed by atoms with van der Waals surface area (Å²) >= 11 is 6.40. The summed E-state index contributed by atoms with van der Waals surface area (Å²) in [6.45, 7) is 1.44. The number of halogens is 1. The van der Waals surface area contributed by atoms with E-state index in [0.29, 0.717) is 29.5 Å². The first kappa shape index (κ1) is 21.1. The lowest BCUT2D eigenvalue weighted by atomic mass is 9.92. The molecule has 1 unspecified atom stereocenters. The van der Waals surface area contributed by atoms with Crippen LogP contribution in [0.4, 0.5) is 0 Å². The second-order valence-electron chi connectivity index (χ2n) is 6.62. The van der Waals surface area contributed by atoms with Crippen molar-refractivity contribution in [3.63, 3.8) is 0 Å². The van der Waals surface area contributed by atoms with Gasteiger partial charge in [-0.2, -0.15) is 0 Å². The molecule has 0 aliphatic heterocycles. The van der Waals surface area contributed by atoms with E-state index in [2.05, 4.69) is 4.90 Å². The van der Waals surface area contributed by atoms with E-state index < -0.39 is 11.9 Å². The molecule has 0 saturated carbocycles. The fraction of sp³-hybridized carbons (Fsp3) is 0.381. The Morgan fingerprint density at radius 2 is 1.93 bits per heavy atom. The fourth-order valence-corrected chi connectivity index (χ4v) is 3.14. The van der Waals surface area contributed by atoms with E-state index in [1.54, 1.807) is 19.2 Å². The van der Waals surface area contributed by atoms with Crippen LogP contribution in [0.2, 0.25) is 5.02 Å². The topological polar surface area (TPSA) is 59.0 Å². The third kappa shape index (κ3) is 6.15. The van der Waals surface area contributed by atoms with Crippen molar-refractivity contribution in [3.05, 3.63) is 58.6 Å². The molecule has 2 rings (SSSR count). The van der Waals surface area contributed by atoms with E-state index in [4.69, 9.17) is 21.1 Å². The van der Waals surface area contributed by atoms with E-state index >= 15 is 0 Å². The van der Waals surface area contributed by atoms with Crippen molar-refractivity contribution in [2.24, 2.45) is 0 Å². The van der Waals surface area contributed by atoms with Crippen LogP contribution in [-0.4, -0.2) is 50.3 Å². The van der Waals surface area contributed by atoms with Gasteiger partial charge in [0, 0.05) is 6.54 Å². The molecule has 146 valence electrons.